The molecule has 1 aliphatic carbocycles. The Morgan fingerprint density at radius 1 is 1.23 bits per heavy atom. The maximum atomic E-state index is 10.0. The van der Waals surface area contributed by atoms with Crippen LogP contribution in [-0.4, -0.2) is 36.5 Å². The minimum absolute atomic E-state index is 0.0227. The van der Waals surface area contributed by atoms with Crippen LogP contribution in [0.2, 0.25) is 0 Å². The van der Waals surface area contributed by atoms with Crippen LogP contribution < -0.4 is 11.1 Å². The van der Waals surface area contributed by atoms with Crippen molar-refractivity contribution in [1.82, 2.24) is 10.2 Å². The van der Waals surface area contributed by atoms with Gasteiger partial charge in [-0.15, -0.1) is 11.3 Å². The Kier molecular flexibility index (Phi) is 11.7. The first kappa shape index (κ1) is 25.9. The van der Waals surface area contributed by atoms with Crippen LogP contribution in [0.15, 0.2) is 18.0 Å². The first-order valence-corrected chi connectivity index (χ1v) is 13.4. The molecule has 3 N–H and O–H groups in total. The highest BCUT2D eigenvalue weighted by Gasteiger charge is 2.34. The standard InChI is InChI=1S/C22H35NS.C4H10N2O/c1-4-9-19(10-5-2)22-15-20(16-24-22)17(3)23-14-8-12-18-11-6-7-13-21(18)23;1-4(7)6-3-2-5/h15-16,18-19,21H,3-14H2,1-2H3;2-3,5H2,1H3,(H,6,7). The summed E-state index contributed by atoms with van der Waals surface area (Å²) in [5.74, 6) is 1.66. The van der Waals surface area contributed by atoms with Gasteiger partial charge in [0, 0.05) is 54.1 Å². The van der Waals surface area contributed by atoms with Gasteiger partial charge in [0.2, 0.25) is 5.91 Å². The van der Waals surface area contributed by atoms with Crippen LogP contribution in [0.1, 0.15) is 101 Å². The number of nitrogens with zero attached hydrogens (tertiary/aromatic N) is 1. The van der Waals surface area contributed by atoms with Crippen molar-refractivity contribution in [3.8, 4) is 0 Å². The molecule has 1 aromatic heterocycles. The number of piperidine rings is 1. The molecule has 2 atom stereocenters. The van der Waals surface area contributed by atoms with Gasteiger partial charge in [-0.25, -0.2) is 0 Å². The fourth-order valence-corrected chi connectivity index (χ4v) is 6.31. The van der Waals surface area contributed by atoms with Crippen molar-refractivity contribution in [3.63, 3.8) is 0 Å². The lowest BCUT2D eigenvalue weighted by Crippen LogP contribution is -2.45. The predicted octanol–water partition coefficient (Wildman–Crippen LogP) is 6.14. The van der Waals surface area contributed by atoms with Crippen LogP contribution in [-0.2, 0) is 4.79 Å². The topological polar surface area (TPSA) is 58.4 Å². The van der Waals surface area contributed by atoms with Gasteiger partial charge in [0.15, 0.2) is 0 Å². The van der Waals surface area contributed by atoms with E-state index in [1.54, 1.807) is 4.88 Å². The summed E-state index contributed by atoms with van der Waals surface area (Å²) in [5.41, 5.74) is 7.77. The average molecular weight is 448 g/mol. The van der Waals surface area contributed by atoms with E-state index in [4.69, 9.17) is 5.73 Å². The molecule has 1 saturated carbocycles. The number of carbonyl (C=O) groups excluding carboxylic acids is 1. The molecule has 2 fully saturated rings. The zero-order valence-corrected chi connectivity index (χ0v) is 20.9. The Morgan fingerprint density at radius 2 is 1.90 bits per heavy atom. The highest BCUT2D eigenvalue weighted by molar-refractivity contribution is 7.10. The second-order valence-electron chi connectivity index (χ2n) is 9.18. The highest BCUT2D eigenvalue weighted by atomic mass is 32.1. The van der Waals surface area contributed by atoms with Crippen LogP contribution in [0, 0.1) is 5.92 Å². The lowest BCUT2D eigenvalue weighted by molar-refractivity contribution is -0.118. The number of likely N-dealkylation sites (tertiary alicyclic amines) is 1. The summed E-state index contributed by atoms with van der Waals surface area (Å²) in [7, 11) is 0. The third-order valence-corrected chi connectivity index (χ3v) is 7.83. The van der Waals surface area contributed by atoms with Gasteiger partial charge in [0.1, 0.15) is 0 Å². The van der Waals surface area contributed by atoms with Crippen molar-refractivity contribution in [1.29, 1.82) is 0 Å². The van der Waals surface area contributed by atoms with Gasteiger partial charge in [0.05, 0.1) is 0 Å². The maximum absolute atomic E-state index is 10.0. The second kappa shape index (κ2) is 13.9. The third-order valence-electron chi connectivity index (χ3n) is 6.74. The molecule has 2 unspecified atom stereocenters. The first-order valence-electron chi connectivity index (χ1n) is 12.5. The molecule has 5 heteroatoms. The zero-order valence-electron chi connectivity index (χ0n) is 20.1. The summed E-state index contributed by atoms with van der Waals surface area (Å²) in [6, 6.07) is 3.24. The number of rotatable bonds is 9. The van der Waals surface area contributed by atoms with Crippen molar-refractivity contribution in [3.05, 3.63) is 28.5 Å². The normalized spacial score (nSPS) is 20.6. The first-order chi connectivity index (χ1) is 15.0. The smallest absolute Gasteiger partial charge is 0.216 e. The minimum Gasteiger partial charge on any atom is -0.368 e. The summed E-state index contributed by atoms with van der Waals surface area (Å²) in [4.78, 5) is 14.3. The largest absolute Gasteiger partial charge is 0.368 e. The molecule has 1 saturated heterocycles. The third kappa shape index (κ3) is 7.94. The molecule has 31 heavy (non-hydrogen) atoms. The van der Waals surface area contributed by atoms with Gasteiger partial charge in [-0.3, -0.25) is 4.79 Å². The van der Waals surface area contributed by atoms with E-state index in [1.165, 1.54) is 88.9 Å². The number of thiophene rings is 1. The van der Waals surface area contributed by atoms with Crippen LogP contribution in [0.3, 0.4) is 0 Å². The Bertz CT molecular complexity index is 663. The van der Waals surface area contributed by atoms with Crippen molar-refractivity contribution in [2.45, 2.75) is 96.9 Å². The van der Waals surface area contributed by atoms with Gasteiger partial charge < -0.3 is 16.0 Å². The molecule has 0 aromatic carbocycles. The Hall–Kier alpha value is -1.33. The molecule has 0 radical (unpaired) electrons. The predicted molar refractivity (Wildman–Crippen MR) is 135 cm³/mol. The molecule has 1 amide bonds. The summed E-state index contributed by atoms with van der Waals surface area (Å²) in [5, 5.41) is 4.91. The highest BCUT2D eigenvalue weighted by Crippen LogP contribution is 2.40. The van der Waals surface area contributed by atoms with E-state index >= 15 is 0 Å². The van der Waals surface area contributed by atoms with Gasteiger partial charge in [0.25, 0.3) is 0 Å². The Labute approximate surface area is 194 Å². The average Bonchev–Trinajstić information content (AvgIpc) is 3.27. The van der Waals surface area contributed by atoms with E-state index in [1.807, 2.05) is 11.3 Å². The van der Waals surface area contributed by atoms with Crippen LogP contribution in [0.25, 0.3) is 5.70 Å². The molecule has 176 valence electrons. The van der Waals surface area contributed by atoms with E-state index in [2.05, 4.69) is 42.1 Å². The fraction of sp³-hybridized carbons (Fsp3) is 0.731. The quantitative estimate of drug-likeness (QED) is 0.478. The fourth-order valence-electron chi connectivity index (χ4n) is 5.22. The molecule has 0 bridgehead atoms. The number of amides is 1. The van der Waals surface area contributed by atoms with Crippen molar-refractivity contribution >= 4 is 22.9 Å². The Balaban J connectivity index is 0.000000423. The van der Waals surface area contributed by atoms with Crippen LogP contribution in [0.4, 0.5) is 0 Å². The van der Waals surface area contributed by atoms with E-state index < -0.39 is 0 Å². The maximum Gasteiger partial charge on any atom is 0.216 e. The number of carbonyl (C=O) groups is 1. The van der Waals surface area contributed by atoms with Gasteiger partial charge in [-0.05, 0) is 56.4 Å². The molecule has 1 aromatic rings. The molecule has 4 nitrogen and oxygen atoms in total. The molecular weight excluding hydrogens is 402 g/mol. The van der Waals surface area contributed by atoms with E-state index in [0.29, 0.717) is 13.1 Å². The summed E-state index contributed by atoms with van der Waals surface area (Å²) in [6.07, 6.45) is 13.7. The van der Waals surface area contributed by atoms with Crippen molar-refractivity contribution < 1.29 is 4.79 Å². The van der Waals surface area contributed by atoms with Crippen LogP contribution >= 0.6 is 11.3 Å². The second-order valence-corrected chi connectivity index (χ2v) is 10.1. The summed E-state index contributed by atoms with van der Waals surface area (Å²) >= 11 is 1.97. The summed E-state index contributed by atoms with van der Waals surface area (Å²) < 4.78 is 0. The van der Waals surface area contributed by atoms with Gasteiger partial charge in [-0.1, -0.05) is 46.1 Å². The number of fused-ring (bicyclic) bond motifs is 1. The minimum atomic E-state index is -0.0227. The van der Waals surface area contributed by atoms with Crippen molar-refractivity contribution in [2.75, 3.05) is 19.6 Å². The van der Waals surface area contributed by atoms with Gasteiger partial charge in [-0.2, -0.15) is 0 Å². The van der Waals surface area contributed by atoms with Crippen LogP contribution in [0.5, 0.6) is 0 Å². The SMILES string of the molecule is C=C(c1csc(C(CCC)CCC)c1)N1CCCC2CCCCC21.CC(=O)NCCN. The molecule has 2 heterocycles. The zero-order chi connectivity index (χ0) is 22.6. The molecule has 1 aliphatic heterocycles. The lowest BCUT2D eigenvalue weighted by atomic mass is 9.78. The molecule has 0 spiro atoms. The number of nitrogens with one attached hydrogen (secondary N) is 1. The molecule has 3 rings (SSSR count). The lowest BCUT2D eigenvalue weighted by Gasteiger charge is -2.46. The Morgan fingerprint density at radius 3 is 2.52 bits per heavy atom. The monoisotopic (exact) mass is 447 g/mol. The van der Waals surface area contributed by atoms with E-state index in [0.717, 1.165) is 17.9 Å². The number of hydrogen-bond acceptors (Lipinski definition) is 4. The van der Waals surface area contributed by atoms with E-state index in [-0.39, 0.29) is 5.91 Å². The van der Waals surface area contributed by atoms with Crippen molar-refractivity contribution in [2.24, 2.45) is 11.7 Å². The molecule has 2 aliphatic rings. The summed E-state index contributed by atoms with van der Waals surface area (Å²) in [6.45, 7) is 12.9. The number of hydrogen-bond donors (Lipinski definition) is 2. The van der Waals surface area contributed by atoms with E-state index in [9.17, 15) is 4.79 Å². The molecular formula is C26H45N3OS. The number of nitrogens with two attached hydrogens (primary N) is 1. The van der Waals surface area contributed by atoms with Gasteiger partial charge >= 0.3 is 0 Å².